The number of nitrogens with zero attached hydrogens (tertiary/aromatic N) is 1. The van der Waals surface area contributed by atoms with E-state index in [-0.39, 0.29) is 5.78 Å². The van der Waals surface area contributed by atoms with Gasteiger partial charge in [0, 0.05) is 6.92 Å². The summed E-state index contributed by atoms with van der Waals surface area (Å²) in [4.78, 5) is 16.3. The smallest absolute Gasteiger partial charge is 0.181 e. The molecule has 5 heteroatoms. The zero-order chi connectivity index (χ0) is 12.4. The fourth-order valence-electron chi connectivity index (χ4n) is 1.54. The van der Waals surface area contributed by atoms with Crippen molar-refractivity contribution < 1.29 is 9.53 Å². The van der Waals surface area contributed by atoms with Crippen molar-refractivity contribution in [3.8, 4) is 16.2 Å². The molecule has 0 aliphatic rings. The quantitative estimate of drug-likeness (QED) is 0.848. The van der Waals surface area contributed by atoms with E-state index in [0.717, 1.165) is 16.2 Å². The molecule has 0 saturated heterocycles. The summed E-state index contributed by atoms with van der Waals surface area (Å²) in [6.45, 7) is 1.48. The number of hydrogen-bond acceptors (Lipinski definition) is 5. The summed E-state index contributed by atoms with van der Waals surface area (Å²) in [7, 11) is 1.60. The highest BCUT2D eigenvalue weighted by Gasteiger charge is 2.15. The van der Waals surface area contributed by atoms with Gasteiger partial charge in [-0.15, -0.1) is 0 Å². The number of anilines is 1. The Labute approximate surface area is 103 Å². The number of nitrogen functional groups attached to an aromatic ring is 1. The van der Waals surface area contributed by atoms with Crippen molar-refractivity contribution in [2.45, 2.75) is 6.92 Å². The first kappa shape index (κ1) is 11.6. The molecule has 88 valence electrons. The molecule has 0 fully saturated rings. The third-order valence-corrected chi connectivity index (χ3v) is 3.24. The lowest BCUT2D eigenvalue weighted by Gasteiger charge is -2.03. The Balaban J connectivity index is 2.55. The first-order valence-electron chi connectivity index (χ1n) is 5.03. The monoisotopic (exact) mass is 248 g/mol. The molecule has 1 aromatic heterocycles. The van der Waals surface area contributed by atoms with Crippen LogP contribution in [0.1, 0.15) is 17.4 Å². The molecule has 0 aliphatic heterocycles. The van der Waals surface area contributed by atoms with Crippen LogP contribution in [0.2, 0.25) is 0 Å². The Morgan fingerprint density at radius 3 is 2.88 bits per heavy atom. The van der Waals surface area contributed by atoms with Crippen molar-refractivity contribution in [1.29, 1.82) is 0 Å². The van der Waals surface area contributed by atoms with Gasteiger partial charge in [0.2, 0.25) is 0 Å². The number of hydrogen-bond donors (Lipinski definition) is 1. The summed E-state index contributed by atoms with van der Waals surface area (Å²) in [6, 6.07) is 7.48. The van der Waals surface area contributed by atoms with Crippen LogP contribution in [0.5, 0.6) is 5.75 Å². The molecule has 0 bridgehead atoms. The second-order valence-corrected chi connectivity index (χ2v) is 4.55. The lowest BCUT2D eigenvalue weighted by atomic mass is 10.1. The maximum absolute atomic E-state index is 11.5. The third kappa shape index (κ3) is 2.29. The number of ether oxygens (including phenoxy) is 1. The van der Waals surface area contributed by atoms with Crippen molar-refractivity contribution in [3.63, 3.8) is 0 Å². The average molecular weight is 248 g/mol. The molecule has 2 aromatic rings. The highest BCUT2D eigenvalue weighted by molar-refractivity contribution is 7.19. The normalized spacial score (nSPS) is 10.2. The number of rotatable bonds is 3. The molecule has 0 amide bonds. The largest absolute Gasteiger partial charge is 0.497 e. The Hall–Kier alpha value is -1.88. The molecule has 0 atom stereocenters. The van der Waals surface area contributed by atoms with Crippen LogP contribution in [0.15, 0.2) is 24.3 Å². The first-order chi connectivity index (χ1) is 8.11. The number of carbonyl (C=O) groups excluding carboxylic acids is 1. The van der Waals surface area contributed by atoms with Gasteiger partial charge in [0.25, 0.3) is 0 Å². The molecule has 0 radical (unpaired) electrons. The second kappa shape index (κ2) is 4.55. The van der Waals surface area contributed by atoms with E-state index in [1.165, 1.54) is 18.3 Å². The average Bonchev–Trinajstić information content (AvgIpc) is 2.72. The molecular formula is C12H12N2O2S. The molecule has 1 aromatic carbocycles. The minimum atomic E-state index is -0.0873. The lowest BCUT2D eigenvalue weighted by Crippen LogP contribution is -1.95. The van der Waals surface area contributed by atoms with Crippen molar-refractivity contribution in [2.75, 3.05) is 12.8 Å². The van der Waals surface area contributed by atoms with E-state index in [9.17, 15) is 4.79 Å². The van der Waals surface area contributed by atoms with E-state index in [4.69, 9.17) is 10.5 Å². The van der Waals surface area contributed by atoms with Crippen LogP contribution >= 0.6 is 11.3 Å². The van der Waals surface area contributed by atoms with Gasteiger partial charge in [-0.05, 0) is 17.7 Å². The third-order valence-electron chi connectivity index (χ3n) is 2.31. The van der Waals surface area contributed by atoms with E-state index < -0.39 is 0 Å². The predicted molar refractivity (Wildman–Crippen MR) is 68.5 cm³/mol. The molecule has 0 unspecified atom stereocenters. The highest BCUT2D eigenvalue weighted by atomic mass is 32.1. The van der Waals surface area contributed by atoms with E-state index in [2.05, 4.69) is 4.98 Å². The topological polar surface area (TPSA) is 65.2 Å². The van der Waals surface area contributed by atoms with Gasteiger partial charge in [-0.25, -0.2) is 4.98 Å². The summed E-state index contributed by atoms with van der Waals surface area (Å²) in [5.41, 5.74) is 6.96. The maximum atomic E-state index is 11.5. The zero-order valence-corrected chi connectivity index (χ0v) is 10.4. The lowest BCUT2D eigenvalue weighted by molar-refractivity contribution is 0.101. The molecular weight excluding hydrogens is 236 g/mol. The molecule has 0 saturated carbocycles. The summed E-state index contributed by atoms with van der Waals surface area (Å²) in [5.74, 6) is 0.653. The van der Waals surface area contributed by atoms with Crippen molar-refractivity contribution >= 4 is 22.3 Å². The van der Waals surface area contributed by atoms with Crippen LogP contribution in [0, 0.1) is 0 Å². The number of carbonyl (C=O) groups is 1. The van der Waals surface area contributed by atoms with Gasteiger partial charge in [-0.3, -0.25) is 4.79 Å². The van der Waals surface area contributed by atoms with Gasteiger partial charge in [0.1, 0.15) is 11.4 Å². The van der Waals surface area contributed by atoms with Crippen molar-refractivity contribution in [1.82, 2.24) is 4.98 Å². The van der Waals surface area contributed by atoms with Gasteiger partial charge < -0.3 is 10.5 Å². The number of thiazole rings is 1. The standard InChI is InChI=1S/C12H12N2O2S/c1-7(15)10-11(17-12(13)14-10)8-4-3-5-9(6-8)16-2/h3-6H,1-2H3,(H2,13,14). The molecule has 1 heterocycles. The molecule has 2 N–H and O–H groups in total. The Bertz CT molecular complexity index is 563. The fourth-order valence-corrected chi connectivity index (χ4v) is 2.41. The van der Waals surface area contributed by atoms with Gasteiger partial charge in [0.05, 0.1) is 12.0 Å². The first-order valence-corrected chi connectivity index (χ1v) is 5.85. The zero-order valence-electron chi connectivity index (χ0n) is 9.56. The maximum Gasteiger partial charge on any atom is 0.181 e. The fraction of sp³-hybridized carbons (Fsp3) is 0.167. The van der Waals surface area contributed by atoms with Crippen LogP contribution in [0.4, 0.5) is 5.13 Å². The summed E-state index contributed by atoms with van der Waals surface area (Å²) >= 11 is 1.31. The van der Waals surface area contributed by atoms with E-state index >= 15 is 0 Å². The predicted octanol–water partition coefficient (Wildman–Crippen LogP) is 2.60. The summed E-state index contributed by atoms with van der Waals surface area (Å²) < 4.78 is 5.15. The number of methoxy groups -OCH3 is 1. The molecule has 2 rings (SSSR count). The van der Waals surface area contributed by atoms with Gasteiger partial charge in [-0.2, -0.15) is 0 Å². The second-order valence-electron chi connectivity index (χ2n) is 3.52. The summed E-state index contributed by atoms with van der Waals surface area (Å²) in [5, 5.41) is 0.396. The molecule has 0 aliphatic carbocycles. The van der Waals surface area contributed by atoms with Crippen LogP contribution < -0.4 is 10.5 Å². The van der Waals surface area contributed by atoms with Crippen LogP contribution in [-0.4, -0.2) is 17.9 Å². The minimum Gasteiger partial charge on any atom is -0.497 e. The minimum absolute atomic E-state index is 0.0873. The van der Waals surface area contributed by atoms with Gasteiger partial charge in [0.15, 0.2) is 10.9 Å². The Kier molecular flexibility index (Phi) is 3.10. The van der Waals surface area contributed by atoms with E-state index in [1.807, 2.05) is 24.3 Å². The molecule has 17 heavy (non-hydrogen) atoms. The van der Waals surface area contributed by atoms with Crippen LogP contribution in [-0.2, 0) is 0 Å². The van der Waals surface area contributed by atoms with Gasteiger partial charge in [-0.1, -0.05) is 23.5 Å². The molecule has 4 nitrogen and oxygen atoms in total. The number of ketones is 1. The number of benzene rings is 1. The highest BCUT2D eigenvalue weighted by Crippen LogP contribution is 2.33. The molecule has 0 spiro atoms. The van der Waals surface area contributed by atoms with Crippen LogP contribution in [0.25, 0.3) is 10.4 Å². The van der Waals surface area contributed by atoms with Crippen LogP contribution in [0.3, 0.4) is 0 Å². The van der Waals surface area contributed by atoms with E-state index in [0.29, 0.717) is 10.8 Å². The SMILES string of the molecule is COc1cccc(-c2sc(N)nc2C(C)=O)c1. The Morgan fingerprint density at radius 2 is 2.24 bits per heavy atom. The number of Topliss-reactive ketones (excluding diaryl/α,β-unsaturated/α-hetero) is 1. The van der Waals surface area contributed by atoms with Gasteiger partial charge >= 0.3 is 0 Å². The Morgan fingerprint density at radius 1 is 1.47 bits per heavy atom. The van der Waals surface area contributed by atoms with Crippen molar-refractivity contribution in [3.05, 3.63) is 30.0 Å². The van der Waals surface area contributed by atoms with Crippen molar-refractivity contribution in [2.24, 2.45) is 0 Å². The van der Waals surface area contributed by atoms with E-state index in [1.54, 1.807) is 7.11 Å². The number of nitrogens with two attached hydrogens (primary N) is 1. The summed E-state index contributed by atoms with van der Waals surface area (Å²) in [6.07, 6.45) is 0. The number of aromatic nitrogens is 1.